The van der Waals surface area contributed by atoms with Crippen molar-refractivity contribution in [2.75, 3.05) is 13.2 Å². The molecule has 3 rings (SSSR count). The average Bonchev–Trinajstić information content (AvgIpc) is 3.12. The summed E-state index contributed by atoms with van der Waals surface area (Å²) in [6.07, 6.45) is 4.73. The normalized spacial score (nSPS) is 32.8. The van der Waals surface area contributed by atoms with Crippen LogP contribution in [-0.2, 0) is 23.8 Å². The highest BCUT2D eigenvalue weighted by molar-refractivity contribution is 6.01. The van der Waals surface area contributed by atoms with E-state index in [9.17, 15) is 9.59 Å². The molecular weight excluding hydrogens is 296 g/mol. The number of carbonyl (C=O) groups is 2. The summed E-state index contributed by atoms with van der Waals surface area (Å²) in [7, 11) is 0. The van der Waals surface area contributed by atoms with Crippen molar-refractivity contribution in [3.63, 3.8) is 0 Å². The summed E-state index contributed by atoms with van der Waals surface area (Å²) >= 11 is 0. The molecule has 1 saturated heterocycles. The van der Waals surface area contributed by atoms with Crippen molar-refractivity contribution in [3.8, 4) is 0 Å². The molecule has 23 heavy (non-hydrogen) atoms. The van der Waals surface area contributed by atoms with Crippen LogP contribution in [0.2, 0.25) is 0 Å². The van der Waals surface area contributed by atoms with Gasteiger partial charge < -0.3 is 14.2 Å². The fourth-order valence-corrected chi connectivity index (χ4v) is 4.36. The maximum absolute atomic E-state index is 12.6. The standard InChI is InChI=1S/C18H24O5/c1-5-21-15(19)17(16(20)22-6-2)9-12-14(11(3)4)13-7-8-18(12,10-17)23-13/h7-8,12-13H,5-6,9-10H2,1-4H3/t12-,13-,18-/m0/s1. The van der Waals surface area contributed by atoms with Crippen LogP contribution in [0.3, 0.4) is 0 Å². The zero-order chi connectivity index (χ0) is 16.8. The number of fused-ring (bicyclic) bond motifs is 1. The summed E-state index contributed by atoms with van der Waals surface area (Å²) in [5.41, 5.74) is 0.547. The molecule has 0 amide bonds. The molecule has 3 atom stereocenters. The van der Waals surface area contributed by atoms with Crippen LogP contribution < -0.4 is 0 Å². The van der Waals surface area contributed by atoms with E-state index < -0.39 is 23.0 Å². The van der Waals surface area contributed by atoms with Gasteiger partial charge in [-0.15, -0.1) is 0 Å². The largest absolute Gasteiger partial charge is 0.465 e. The lowest BCUT2D eigenvalue weighted by Crippen LogP contribution is -2.42. The molecule has 1 saturated carbocycles. The Bertz CT molecular complexity index is 581. The summed E-state index contributed by atoms with van der Waals surface area (Å²) in [6, 6.07) is 0. The summed E-state index contributed by atoms with van der Waals surface area (Å²) in [4.78, 5) is 25.3. The van der Waals surface area contributed by atoms with Gasteiger partial charge in [0.15, 0.2) is 5.41 Å². The molecule has 2 fully saturated rings. The van der Waals surface area contributed by atoms with Crippen LogP contribution in [0.15, 0.2) is 23.3 Å². The third-order valence-corrected chi connectivity index (χ3v) is 5.21. The minimum absolute atomic E-state index is 0.0209. The zero-order valence-electron chi connectivity index (χ0n) is 14.2. The van der Waals surface area contributed by atoms with Crippen molar-refractivity contribution in [3.05, 3.63) is 23.3 Å². The number of hydrogen-bond acceptors (Lipinski definition) is 5. The van der Waals surface area contributed by atoms with E-state index in [-0.39, 0.29) is 25.2 Å². The Morgan fingerprint density at radius 2 is 1.83 bits per heavy atom. The summed E-state index contributed by atoms with van der Waals surface area (Å²) in [5, 5.41) is 0. The van der Waals surface area contributed by atoms with Crippen LogP contribution in [0.4, 0.5) is 0 Å². The molecule has 0 aromatic carbocycles. The van der Waals surface area contributed by atoms with Gasteiger partial charge in [0, 0.05) is 12.3 Å². The van der Waals surface area contributed by atoms with E-state index in [0.717, 1.165) is 0 Å². The highest BCUT2D eigenvalue weighted by Gasteiger charge is 2.69. The van der Waals surface area contributed by atoms with Gasteiger partial charge in [-0.25, -0.2) is 0 Å². The third kappa shape index (κ3) is 2.17. The van der Waals surface area contributed by atoms with Gasteiger partial charge in [-0.1, -0.05) is 17.7 Å². The summed E-state index contributed by atoms with van der Waals surface area (Å²) in [5.74, 6) is -0.942. The highest BCUT2D eigenvalue weighted by atomic mass is 16.6. The monoisotopic (exact) mass is 320 g/mol. The topological polar surface area (TPSA) is 61.8 Å². The second-order valence-electron chi connectivity index (χ2n) is 6.76. The van der Waals surface area contributed by atoms with Gasteiger partial charge in [0.25, 0.3) is 0 Å². The van der Waals surface area contributed by atoms with E-state index in [4.69, 9.17) is 14.2 Å². The predicted molar refractivity (Wildman–Crippen MR) is 83.5 cm³/mol. The van der Waals surface area contributed by atoms with Crippen molar-refractivity contribution in [2.45, 2.75) is 52.2 Å². The van der Waals surface area contributed by atoms with Crippen LogP contribution in [-0.4, -0.2) is 36.9 Å². The van der Waals surface area contributed by atoms with Crippen LogP contribution in [0.1, 0.15) is 40.5 Å². The van der Waals surface area contributed by atoms with Crippen LogP contribution in [0.5, 0.6) is 0 Å². The predicted octanol–water partition coefficient (Wildman–Crippen LogP) is 2.55. The molecule has 2 heterocycles. The maximum atomic E-state index is 12.6. The lowest BCUT2D eigenvalue weighted by molar-refractivity contribution is -0.173. The lowest BCUT2D eigenvalue weighted by Gasteiger charge is -2.26. The molecular formula is C18H24O5. The molecule has 2 bridgehead atoms. The number of hydrogen-bond donors (Lipinski definition) is 0. The molecule has 2 aliphatic heterocycles. The van der Waals surface area contributed by atoms with Crippen molar-refractivity contribution in [1.29, 1.82) is 0 Å². The van der Waals surface area contributed by atoms with E-state index in [1.165, 1.54) is 11.1 Å². The van der Waals surface area contributed by atoms with Crippen molar-refractivity contribution < 1.29 is 23.8 Å². The Morgan fingerprint density at radius 3 is 2.35 bits per heavy atom. The molecule has 3 aliphatic rings. The van der Waals surface area contributed by atoms with Crippen LogP contribution >= 0.6 is 0 Å². The van der Waals surface area contributed by atoms with Crippen molar-refractivity contribution >= 4 is 11.9 Å². The Balaban J connectivity index is 2.02. The first-order valence-electron chi connectivity index (χ1n) is 8.29. The number of ether oxygens (including phenoxy) is 3. The second-order valence-corrected chi connectivity index (χ2v) is 6.76. The molecule has 0 N–H and O–H groups in total. The van der Waals surface area contributed by atoms with Gasteiger partial charge >= 0.3 is 11.9 Å². The van der Waals surface area contributed by atoms with Crippen LogP contribution in [0.25, 0.3) is 0 Å². The first kappa shape index (κ1) is 16.2. The molecule has 0 aromatic heterocycles. The average molecular weight is 320 g/mol. The number of carbonyl (C=O) groups excluding carboxylic acids is 2. The van der Waals surface area contributed by atoms with Gasteiger partial charge in [-0.3, -0.25) is 9.59 Å². The fraction of sp³-hybridized carbons (Fsp3) is 0.667. The van der Waals surface area contributed by atoms with E-state index in [1.54, 1.807) is 13.8 Å². The highest BCUT2D eigenvalue weighted by Crippen LogP contribution is 2.62. The zero-order valence-corrected chi connectivity index (χ0v) is 14.2. The summed E-state index contributed by atoms with van der Waals surface area (Å²) < 4.78 is 16.6. The number of esters is 2. The SMILES string of the molecule is CCOC(=O)C1(C(=O)OCC)C[C@H]2C(=C(C)C)[C@@H]3C=C[C@@]2(C1)O3. The Hall–Kier alpha value is -1.62. The quantitative estimate of drug-likeness (QED) is 0.452. The smallest absolute Gasteiger partial charge is 0.323 e. The Labute approximate surface area is 136 Å². The van der Waals surface area contributed by atoms with E-state index in [0.29, 0.717) is 12.8 Å². The van der Waals surface area contributed by atoms with E-state index in [1.807, 2.05) is 12.2 Å². The van der Waals surface area contributed by atoms with Gasteiger partial charge in [-0.2, -0.15) is 0 Å². The first-order chi connectivity index (χ1) is 10.9. The molecule has 1 aliphatic carbocycles. The molecule has 0 aromatic rings. The van der Waals surface area contributed by atoms with Gasteiger partial charge in [0.2, 0.25) is 0 Å². The van der Waals surface area contributed by atoms with Crippen molar-refractivity contribution in [1.82, 2.24) is 0 Å². The number of allylic oxidation sites excluding steroid dienone is 1. The second kappa shape index (κ2) is 5.48. The minimum atomic E-state index is -1.27. The minimum Gasteiger partial charge on any atom is -0.465 e. The first-order valence-corrected chi connectivity index (χ1v) is 8.29. The third-order valence-electron chi connectivity index (χ3n) is 5.21. The van der Waals surface area contributed by atoms with Crippen molar-refractivity contribution in [2.24, 2.45) is 11.3 Å². The Morgan fingerprint density at radius 1 is 1.22 bits per heavy atom. The molecule has 5 heteroatoms. The molecule has 5 nitrogen and oxygen atoms in total. The molecule has 126 valence electrons. The summed E-state index contributed by atoms with van der Waals surface area (Å²) in [6.45, 7) is 8.08. The van der Waals surface area contributed by atoms with Crippen LogP contribution in [0, 0.1) is 11.3 Å². The van der Waals surface area contributed by atoms with E-state index >= 15 is 0 Å². The number of rotatable bonds is 4. The van der Waals surface area contributed by atoms with Gasteiger partial charge in [0.05, 0.1) is 24.9 Å². The van der Waals surface area contributed by atoms with Gasteiger partial charge in [-0.05, 0) is 39.7 Å². The van der Waals surface area contributed by atoms with E-state index in [2.05, 4.69) is 13.8 Å². The van der Waals surface area contributed by atoms with Gasteiger partial charge in [0.1, 0.15) is 0 Å². The fourth-order valence-electron chi connectivity index (χ4n) is 4.36. The molecule has 0 unspecified atom stereocenters. The molecule has 0 radical (unpaired) electrons. The Kier molecular flexibility index (Phi) is 3.87. The molecule has 1 spiro atoms. The lowest BCUT2D eigenvalue weighted by atomic mass is 9.80. The maximum Gasteiger partial charge on any atom is 0.323 e.